The van der Waals surface area contributed by atoms with Crippen molar-refractivity contribution in [2.45, 2.75) is 6.92 Å². The fourth-order valence-electron chi connectivity index (χ4n) is 2.80. The standard InChI is InChI=1S/C16H16FN7O4S/c1-9-12(27-5-4-23-29(18,25)26)7-24-14(9)16(21-8-22-24)28-11-6-20-15-10(13(11)17)2-3-19-15/h2-3,6-8,23H,4-5H2,1H3,(H,19,20)(H2,18,25,26). The number of hydrogen-bond acceptors (Lipinski definition) is 7. The summed E-state index contributed by atoms with van der Waals surface area (Å²) >= 11 is 0. The molecule has 0 aromatic carbocycles. The quantitative estimate of drug-likeness (QED) is 0.377. The Labute approximate surface area is 163 Å². The molecule has 11 nitrogen and oxygen atoms in total. The van der Waals surface area contributed by atoms with Crippen molar-refractivity contribution in [3.8, 4) is 17.4 Å². The van der Waals surface area contributed by atoms with Gasteiger partial charge in [-0.05, 0) is 13.0 Å². The van der Waals surface area contributed by atoms with Crippen molar-refractivity contribution in [1.82, 2.24) is 29.3 Å². The molecule has 0 aliphatic rings. The molecule has 0 radical (unpaired) electrons. The zero-order valence-electron chi connectivity index (χ0n) is 15.1. The Hall–Kier alpha value is -3.29. The summed E-state index contributed by atoms with van der Waals surface area (Å²) in [6.45, 7) is 1.78. The van der Waals surface area contributed by atoms with Crippen LogP contribution in [0.25, 0.3) is 16.6 Å². The predicted octanol–water partition coefficient (Wildman–Crippen LogP) is 1.02. The molecular weight excluding hydrogens is 405 g/mol. The van der Waals surface area contributed by atoms with Gasteiger partial charge < -0.3 is 14.5 Å². The normalized spacial score (nSPS) is 12.0. The van der Waals surface area contributed by atoms with E-state index in [1.54, 1.807) is 25.4 Å². The minimum absolute atomic E-state index is 0.00688. The van der Waals surface area contributed by atoms with E-state index in [1.807, 2.05) is 0 Å². The van der Waals surface area contributed by atoms with Crippen molar-refractivity contribution >= 4 is 26.8 Å². The molecule has 4 aromatic heterocycles. The van der Waals surface area contributed by atoms with Gasteiger partial charge in [0, 0.05) is 18.3 Å². The van der Waals surface area contributed by atoms with Crippen molar-refractivity contribution in [2.75, 3.05) is 13.2 Å². The fourth-order valence-corrected chi connectivity index (χ4v) is 3.17. The average Bonchev–Trinajstić information content (AvgIpc) is 3.26. The van der Waals surface area contributed by atoms with Gasteiger partial charge in [0.1, 0.15) is 29.8 Å². The van der Waals surface area contributed by atoms with E-state index in [9.17, 15) is 12.8 Å². The Morgan fingerprint density at radius 1 is 1.34 bits per heavy atom. The minimum Gasteiger partial charge on any atom is -0.490 e. The van der Waals surface area contributed by atoms with Crippen molar-refractivity contribution in [3.05, 3.63) is 42.4 Å². The Bertz CT molecular complexity index is 1300. The van der Waals surface area contributed by atoms with Crippen LogP contribution < -0.4 is 19.3 Å². The average molecular weight is 421 g/mol. The van der Waals surface area contributed by atoms with Crippen LogP contribution in [0.15, 0.2) is 31.0 Å². The molecule has 0 amide bonds. The number of aromatic amines is 1. The zero-order chi connectivity index (χ0) is 20.6. The summed E-state index contributed by atoms with van der Waals surface area (Å²) in [4.78, 5) is 11.0. The van der Waals surface area contributed by atoms with Gasteiger partial charge in [-0.3, -0.25) is 0 Å². The lowest BCUT2D eigenvalue weighted by Gasteiger charge is -2.08. The van der Waals surface area contributed by atoms with Crippen LogP contribution in [0.1, 0.15) is 5.56 Å². The number of H-pyrrole nitrogens is 1. The number of aryl methyl sites for hydroxylation is 1. The molecule has 13 heteroatoms. The van der Waals surface area contributed by atoms with E-state index in [4.69, 9.17) is 14.6 Å². The molecule has 4 N–H and O–H groups in total. The molecule has 0 bridgehead atoms. The molecule has 0 atom stereocenters. The lowest BCUT2D eigenvalue weighted by molar-refractivity contribution is 0.321. The first-order chi connectivity index (χ1) is 13.8. The summed E-state index contributed by atoms with van der Waals surface area (Å²) in [5.74, 6) is -0.0993. The summed E-state index contributed by atoms with van der Waals surface area (Å²) in [6.07, 6.45) is 5.69. The fraction of sp³-hybridized carbons (Fsp3) is 0.188. The molecule has 0 spiro atoms. The van der Waals surface area contributed by atoms with Gasteiger partial charge >= 0.3 is 0 Å². The number of halogens is 1. The number of aromatic nitrogens is 5. The highest BCUT2D eigenvalue weighted by molar-refractivity contribution is 7.87. The largest absolute Gasteiger partial charge is 0.490 e. The van der Waals surface area contributed by atoms with Gasteiger partial charge in [-0.25, -0.2) is 19.0 Å². The highest BCUT2D eigenvalue weighted by Gasteiger charge is 2.18. The van der Waals surface area contributed by atoms with Gasteiger partial charge in [-0.1, -0.05) is 0 Å². The lowest BCUT2D eigenvalue weighted by Crippen LogP contribution is -2.33. The smallest absolute Gasteiger partial charge is 0.274 e. The van der Waals surface area contributed by atoms with E-state index in [1.165, 1.54) is 17.0 Å². The maximum Gasteiger partial charge on any atom is 0.274 e. The molecule has 0 unspecified atom stereocenters. The number of rotatable bonds is 7. The van der Waals surface area contributed by atoms with Gasteiger partial charge in [0.2, 0.25) is 5.88 Å². The summed E-state index contributed by atoms with van der Waals surface area (Å²) in [7, 11) is -3.79. The van der Waals surface area contributed by atoms with E-state index < -0.39 is 16.0 Å². The third-order valence-corrected chi connectivity index (χ3v) is 4.71. The molecule has 0 saturated carbocycles. The first kappa shape index (κ1) is 19.0. The molecule has 4 heterocycles. The maximum absolute atomic E-state index is 14.7. The van der Waals surface area contributed by atoms with Crippen LogP contribution in [0.4, 0.5) is 4.39 Å². The summed E-state index contributed by atoms with van der Waals surface area (Å²) in [5.41, 5.74) is 1.51. The van der Waals surface area contributed by atoms with E-state index >= 15 is 0 Å². The van der Waals surface area contributed by atoms with Crippen LogP contribution in [0.5, 0.6) is 17.4 Å². The lowest BCUT2D eigenvalue weighted by atomic mass is 10.3. The molecule has 4 rings (SSSR count). The van der Waals surface area contributed by atoms with E-state index in [2.05, 4.69) is 24.8 Å². The first-order valence-corrected chi connectivity index (χ1v) is 9.90. The van der Waals surface area contributed by atoms with Crippen LogP contribution in [-0.2, 0) is 10.2 Å². The molecule has 152 valence electrons. The van der Waals surface area contributed by atoms with E-state index in [0.29, 0.717) is 27.9 Å². The number of nitrogens with one attached hydrogen (secondary N) is 2. The third-order valence-electron chi connectivity index (χ3n) is 4.11. The number of fused-ring (bicyclic) bond motifs is 2. The SMILES string of the molecule is Cc1c(OCCNS(N)(=O)=O)cn2ncnc(Oc3cnc4[nH]ccc4c3F)c12. The van der Waals surface area contributed by atoms with Crippen molar-refractivity contribution in [2.24, 2.45) is 5.14 Å². The zero-order valence-corrected chi connectivity index (χ0v) is 15.9. The van der Waals surface area contributed by atoms with Gasteiger partial charge in [0.15, 0.2) is 11.6 Å². The molecule has 0 fully saturated rings. The third kappa shape index (κ3) is 3.83. The van der Waals surface area contributed by atoms with Gasteiger partial charge in [-0.15, -0.1) is 0 Å². The topological polar surface area (TPSA) is 150 Å². The molecule has 0 saturated heterocycles. The Morgan fingerprint density at radius 3 is 2.97 bits per heavy atom. The van der Waals surface area contributed by atoms with Gasteiger partial charge in [-0.2, -0.15) is 23.2 Å². The Balaban J connectivity index is 1.61. The Kier molecular flexibility index (Phi) is 4.77. The number of hydrogen-bond donors (Lipinski definition) is 3. The van der Waals surface area contributed by atoms with Crippen molar-refractivity contribution in [1.29, 1.82) is 0 Å². The second-order valence-corrected chi connectivity index (χ2v) is 7.42. The van der Waals surface area contributed by atoms with Gasteiger partial charge in [0.05, 0.1) is 17.8 Å². The monoisotopic (exact) mass is 421 g/mol. The highest BCUT2D eigenvalue weighted by atomic mass is 32.2. The molecule has 4 aromatic rings. The minimum atomic E-state index is -3.79. The second-order valence-electron chi connectivity index (χ2n) is 6.04. The van der Waals surface area contributed by atoms with Crippen molar-refractivity contribution < 1.29 is 22.3 Å². The van der Waals surface area contributed by atoms with Crippen LogP contribution in [-0.4, -0.2) is 46.1 Å². The van der Waals surface area contributed by atoms with E-state index in [-0.39, 0.29) is 24.8 Å². The highest BCUT2D eigenvalue weighted by Crippen LogP contribution is 2.33. The Morgan fingerprint density at radius 2 is 2.17 bits per heavy atom. The number of ether oxygens (including phenoxy) is 2. The van der Waals surface area contributed by atoms with Crippen molar-refractivity contribution in [3.63, 3.8) is 0 Å². The van der Waals surface area contributed by atoms with Crippen LogP contribution in [0.2, 0.25) is 0 Å². The summed E-state index contributed by atoms with van der Waals surface area (Å²) in [5, 5.41) is 9.26. The van der Waals surface area contributed by atoms with Crippen LogP contribution in [0.3, 0.4) is 0 Å². The van der Waals surface area contributed by atoms with E-state index in [0.717, 1.165) is 0 Å². The summed E-state index contributed by atoms with van der Waals surface area (Å²) in [6, 6.07) is 1.56. The number of nitrogens with zero attached hydrogens (tertiary/aromatic N) is 4. The van der Waals surface area contributed by atoms with Gasteiger partial charge in [0.25, 0.3) is 10.2 Å². The molecule has 0 aliphatic carbocycles. The predicted molar refractivity (Wildman–Crippen MR) is 100 cm³/mol. The van der Waals surface area contributed by atoms with Crippen LogP contribution in [0, 0.1) is 12.7 Å². The maximum atomic E-state index is 14.7. The molecular formula is C16H16FN7O4S. The second kappa shape index (κ2) is 7.27. The molecule has 0 aliphatic heterocycles. The van der Waals surface area contributed by atoms with Crippen LogP contribution >= 0.6 is 0 Å². The molecule has 29 heavy (non-hydrogen) atoms. The first-order valence-electron chi connectivity index (χ1n) is 8.36. The number of pyridine rings is 1. The summed E-state index contributed by atoms with van der Waals surface area (Å²) < 4.78 is 51.3. The number of nitrogens with two attached hydrogens (primary N) is 1.